The number of carbonyl (C=O) groups excluding carboxylic acids is 1. The zero-order chi connectivity index (χ0) is 12.3. The molecule has 3 heteroatoms. The molecule has 2 rings (SSSR count). The van der Waals surface area contributed by atoms with Gasteiger partial charge in [0.15, 0.2) is 5.78 Å². The highest BCUT2D eigenvalue weighted by molar-refractivity contribution is 6.01. The number of hydrogen-bond acceptors (Lipinski definition) is 3. The number of ketones is 1. The first-order valence-electron chi connectivity index (χ1n) is 6.23. The number of para-hydroxylation sites is 1. The standard InChI is InChI=1S/C14H19NO2/c1-11(16)8-10-15-9-4-7-14(17)12-5-2-3-6-13(12)15/h2-3,5-6,11,16H,4,7-10H2,1H3. The van der Waals surface area contributed by atoms with Crippen molar-refractivity contribution in [1.29, 1.82) is 0 Å². The quantitative estimate of drug-likeness (QED) is 0.870. The zero-order valence-corrected chi connectivity index (χ0v) is 10.2. The van der Waals surface area contributed by atoms with Crippen LogP contribution >= 0.6 is 0 Å². The van der Waals surface area contributed by atoms with Gasteiger partial charge in [-0.25, -0.2) is 0 Å². The molecule has 0 amide bonds. The Morgan fingerprint density at radius 1 is 1.41 bits per heavy atom. The number of aliphatic hydroxyl groups excluding tert-OH is 1. The third-order valence-electron chi connectivity index (χ3n) is 3.19. The van der Waals surface area contributed by atoms with Crippen LogP contribution in [0.25, 0.3) is 0 Å². The second kappa shape index (κ2) is 5.32. The van der Waals surface area contributed by atoms with Crippen LogP contribution in [0.5, 0.6) is 0 Å². The Bertz CT molecular complexity index is 401. The molecule has 1 N–H and O–H groups in total. The summed E-state index contributed by atoms with van der Waals surface area (Å²) in [6.07, 6.45) is 1.97. The predicted octanol–water partition coefficient (Wildman–Crippen LogP) is 2.24. The Balaban J connectivity index is 2.22. The molecule has 0 aromatic heterocycles. The first-order valence-corrected chi connectivity index (χ1v) is 6.23. The first-order chi connectivity index (χ1) is 8.18. The molecule has 0 saturated heterocycles. The van der Waals surface area contributed by atoms with Crippen molar-refractivity contribution in [2.75, 3.05) is 18.0 Å². The summed E-state index contributed by atoms with van der Waals surface area (Å²) in [6.45, 7) is 3.51. The van der Waals surface area contributed by atoms with E-state index in [1.54, 1.807) is 6.92 Å². The molecule has 0 aliphatic carbocycles. The van der Waals surface area contributed by atoms with E-state index < -0.39 is 0 Å². The van der Waals surface area contributed by atoms with Crippen molar-refractivity contribution in [1.82, 2.24) is 0 Å². The lowest BCUT2D eigenvalue weighted by Gasteiger charge is -2.25. The molecule has 92 valence electrons. The Hall–Kier alpha value is -1.35. The minimum atomic E-state index is -0.291. The van der Waals surface area contributed by atoms with E-state index in [0.29, 0.717) is 6.42 Å². The van der Waals surface area contributed by atoms with E-state index >= 15 is 0 Å². The predicted molar refractivity (Wildman–Crippen MR) is 68.5 cm³/mol. The number of aliphatic hydroxyl groups is 1. The molecule has 17 heavy (non-hydrogen) atoms. The lowest BCUT2D eigenvalue weighted by atomic mass is 10.1. The van der Waals surface area contributed by atoms with Crippen molar-refractivity contribution in [3.8, 4) is 0 Å². The minimum Gasteiger partial charge on any atom is -0.393 e. The number of Topliss-reactive ketones (excluding diaryl/α,β-unsaturated/α-hetero) is 1. The van der Waals surface area contributed by atoms with Gasteiger partial charge < -0.3 is 10.0 Å². The third-order valence-corrected chi connectivity index (χ3v) is 3.19. The lowest BCUT2D eigenvalue weighted by molar-refractivity contribution is 0.0983. The maximum Gasteiger partial charge on any atom is 0.165 e. The van der Waals surface area contributed by atoms with E-state index in [1.165, 1.54) is 0 Å². The third kappa shape index (κ3) is 2.86. The van der Waals surface area contributed by atoms with Crippen molar-refractivity contribution in [3.63, 3.8) is 0 Å². The summed E-state index contributed by atoms with van der Waals surface area (Å²) < 4.78 is 0. The number of hydrogen-bond donors (Lipinski definition) is 1. The number of nitrogens with zero attached hydrogens (tertiary/aromatic N) is 1. The van der Waals surface area contributed by atoms with Gasteiger partial charge in [-0.15, -0.1) is 0 Å². The van der Waals surface area contributed by atoms with E-state index in [2.05, 4.69) is 4.90 Å². The Kier molecular flexibility index (Phi) is 3.79. The van der Waals surface area contributed by atoms with Gasteiger partial charge >= 0.3 is 0 Å². The van der Waals surface area contributed by atoms with Gasteiger partial charge in [-0.3, -0.25) is 4.79 Å². The molecule has 1 aliphatic rings. The molecule has 1 unspecified atom stereocenters. The topological polar surface area (TPSA) is 40.5 Å². The van der Waals surface area contributed by atoms with Gasteiger partial charge in [-0.1, -0.05) is 12.1 Å². The van der Waals surface area contributed by atoms with E-state index in [9.17, 15) is 9.90 Å². The Morgan fingerprint density at radius 3 is 2.94 bits per heavy atom. The molecule has 1 atom stereocenters. The van der Waals surface area contributed by atoms with Crippen LogP contribution in [-0.4, -0.2) is 30.1 Å². The van der Waals surface area contributed by atoms with E-state index in [1.807, 2.05) is 24.3 Å². The highest BCUT2D eigenvalue weighted by Gasteiger charge is 2.20. The molecule has 1 aromatic rings. The van der Waals surface area contributed by atoms with Gasteiger partial charge in [0, 0.05) is 30.8 Å². The van der Waals surface area contributed by atoms with Gasteiger partial charge in [0.05, 0.1) is 6.10 Å². The van der Waals surface area contributed by atoms with Crippen molar-refractivity contribution in [3.05, 3.63) is 29.8 Å². The maximum absolute atomic E-state index is 11.9. The fourth-order valence-corrected chi connectivity index (χ4v) is 2.25. The van der Waals surface area contributed by atoms with Crippen LogP contribution in [0.1, 0.15) is 36.5 Å². The molecular formula is C14H19NO2. The Labute approximate surface area is 102 Å². The highest BCUT2D eigenvalue weighted by atomic mass is 16.3. The molecular weight excluding hydrogens is 214 g/mol. The SMILES string of the molecule is CC(O)CCN1CCCC(=O)c2ccccc21. The monoisotopic (exact) mass is 233 g/mol. The number of benzene rings is 1. The summed E-state index contributed by atoms with van der Waals surface area (Å²) in [7, 11) is 0. The average molecular weight is 233 g/mol. The van der Waals surface area contributed by atoms with Crippen LogP contribution in [0.3, 0.4) is 0 Å². The van der Waals surface area contributed by atoms with Crippen molar-refractivity contribution >= 4 is 11.5 Å². The molecule has 1 heterocycles. The van der Waals surface area contributed by atoms with Crippen molar-refractivity contribution < 1.29 is 9.90 Å². The fourth-order valence-electron chi connectivity index (χ4n) is 2.25. The van der Waals surface area contributed by atoms with Crippen LogP contribution in [-0.2, 0) is 0 Å². The van der Waals surface area contributed by atoms with Crippen LogP contribution in [0.4, 0.5) is 5.69 Å². The van der Waals surface area contributed by atoms with Crippen LogP contribution < -0.4 is 4.90 Å². The normalized spacial score (nSPS) is 17.5. The summed E-state index contributed by atoms with van der Waals surface area (Å²) in [6, 6.07) is 7.78. The van der Waals surface area contributed by atoms with Gasteiger partial charge in [-0.05, 0) is 31.9 Å². The average Bonchev–Trinajstić information content (AvgIpc) is 2.47. The number of carbonyl (C=O) groups is 1. The van der Waals surface area contributed by atoms with Gasteiger partial charge in [0.1, 0.15) is 0 Å². The van der Waals surface area contributed by atoms with E-state index in [0.717, 1.165) is 37.2 Å². The second-order valence-electron chi connectivity index (χ2n) is 4.67. The number of rotatable bonds is 3. The largest absolute Gasteiger partial charge is 0.393 e. The lowest BCUT2D eigenvalue weighted by Crippen LogP contribution is -2.27. The van der Waals surface area contributed by atoms with Gasteiger partial charge in [0.2, 0.25) is 0 Å². The molecule has 1 aliphatic heterocycles. The van der Waals surface area contributed by atoms with E-state index in [-0.39, 0.29) is 11.9 Å². The molecule has 0 saturated carbocycles. The summed E-state index contributed by atoms with van der Waals surface area (Å²) in [4.78, 5) is 14.1. The number of anilines is 1. The summed E-state index contributed by atoms with van der Waals surface area (Å²) >= 11 is 0. The molecule has 3 nitrogen and oxygen atoms in total. The maximum atomic E-state index is 11.9. The summed E-state index contributed by atoms with van der Waals surface area (Å²) in [5, 5.41) is 9.36. The molecule has 0 fully saturated rings. The first kappa shape index (κ1) is 12.1. The van der Waals surface area contributed by atoms with Crippen molar-refractivity contribution in [2.24, 2.45) is 0 Å². The Morgan fingerprint density at radius 2 is 2.18 bits per heavy atom. The molecule has 0 spiro atoms. The fraction of sp³-hybridized carbons (Fsp3) is 0.500. The number of fused-ring (bicyclic) bond motifs is 1. The minimum absolute atomic E-state index is 0.236. The van der Waals surface area contributed by atoms with Crippen molar-refractivity contribution in [2.45, 2.75) is 32.3 Å². The van der Waals surface area contributed by atoms with Crippen LogP contribution in [0, 0.1) is 0 Å². The van der Waals surface area contributed by atoms with Crippen LogP contribution in [0.2, 0.25) is 0 Å². The second-order valence-corrected chi connectivity index (χ2v) is 4.67. The highest BCUT2D eigenvalue weighted by Crippen LogP contribution is 2.26. The summed E-state index contributed by atoms with van der Waals surface area (Å²) in [5.74, 6) is 0.236. The molecule has 0 bridgehead atoms. The van der Waals surface area contributed by atoms with Gasteiger partial charge in [0.25, 0.3) is 0 Å². The molecule has 0 radical (unpaired) electrons. The van der Waals surface area contributed by atoms with Gasteiger partial charge in [-0.2, -0.15) is 0 Å². The van der Waals surface area contributed by atoms with E-state index in [4.69, 9.17) is 0 Å². The zero-order valence-electron chi connectivity index (χ0n) is 10.2. The molecule has 1 aromatic carbocycles. The van der Waals surface area contributed by atoms with Crippen LogP contribution in [0.15, 0.2) is 24.3 Å². The summed E-state index contributed by atoms with van der Waals surface area (Å²) in [5.41, 5.74) is 1.85. The smallest absolute Gasteiger partial charge is 0.165 e.